The molecule has 0 heterocycles. The second kappa shape index (κ2) is 14.5. The molecule has 0 saturated heterocycles. The molecule has 0 spiro atoms. The highest BCUT2D eigenvalue weighted by molar-refractivity contribution is 6.30. The number of amides is 2. The molecule has 0 bridgehead atoms. The van der Waals surface area contributed by atoms with Crippen LogP contribution in [0.1, 0.15) is 43.2 Å². The number of benzene rings is 3. The predicted octanol–water partition coefficient (Wildman–Crippen LogP) is 5.72. The predicted molar refractivity (Wildman–Crippen MR) is 156 cm³/mol. The zero-order chi connectivity index (χ0) is 29.2. The maximum atomic E-state index is 13.8. The molecule has 1 aliphatic carbocycles. The average molecular weight is 580 g/mol. The lowest BCUT2D eigenvalue weighted by Crippen LogP contribution is -2.53. The van der Waals surface area contributed by atoms with Gasteiger partial charge < -0.3 is 19.7 Å². The Bertz CT molecular complexity index is 1330. The van der Waals surface area contributed by atoms with Gasteiger partial charge in [0.25, 0.3) is 5.91 Å². The minimum absolute atomic E-state index is 0.0202. The standard InChI is InChI=1S/C31H34ClN3O6/c1-40-29-19-26(16-17-27(29)35(38)39)41-21-30(36)34(20-23-12-14-24(32)15-13-23)28(18-22-8-4-2-5-9-22)31(37)33-25-10-6-3-7-11-25/h2,4-5,8-9,12-17,19,25,28H,3,6-7,10-11,18,20-21H2,1H3,(H,33,37)/t28-/m1/s1. The van der Waals surface area contributed by atoms with E-state index in [1.807, 2.05) is 42.5 Å². The van der Waals surface area contributed by atoms with E-state index < -0.39 is 16.9 Å². The van der Waals surface area contributed by atoms with Gasteiger partial charge in [0, 0.05) is 36.2 Å². The molecule has 1 fully saturated rings. The maximum absolute atomic E-state index is 13.8. The summed E-state index contributed by atoms with van der Waals surface area (Å²) >= 11 is 6.10. The van der Waals surface area contributed by atoms with Gasteiger partial charge in [0.1, 0.15) is 11.8 Å². The van der Waals surface area contributed by atoms with E-state index >= 15 is 0 Å². The minimum atomic E-state index is -0.794. The summed E-state index contributed by atoms with van der Waals surface area (Å²) in [7, 11) is 1.32. The first-order valence-corrected chi connectivity index (χ1v) is 14.0. The van der Waals surface area contributed by atoms with Crippen LogP contribution in [-0.2, 0) is 22.6 Å². The van der Waals surface area contributed by atoms with E-state index in [9.17, 15) is 19.7 Å². The van der Waals surface area contributed by atoms with Gasteiger partial charge in [0.15, 0.2) is 6.61 Å². The van der Waals surface area contributed by atoms with E-state index in [1.165, 1.54) is 30.2 Å². The Labute approximate surface area is 244 Å². The molecule has 2 amide bonds. The van der Waals surface area contributed by atoms with E-state index in [4.69, 9.17) is 21.1 Å². The Balaban J connectivity index is 1.61. The maximum Gasteiger partial charge on any atom is 0.311 e. The quantitative estimate of drug-likeness (QED) is 0.217. The Kier molecular flexibility index (Phi) is 10.6. The summed E-state index contributed by atoms with van der Waals surface area (Å²) < 4.78 is 10.9. The number of carbonyl (C=O) groups is 2. The smallest absolute Gasteiger partial charge is 0.311 e. The number of rotatable bonds is 12. The van der Waals surface area contributed by atoms with Crippen LogP contribution in [0.2, 0.25) is 5.02 Å². The number of nitro groups is 1. The van der Waals surface area contributed by atoms with Crippen molar-refractivity contribution in [1.29, 1.82) is 0 Å². The van der Waals surface area contributed by atoms with Gasteiger partial charge in [0.05, 0.1) is 12.0 Å². The Morgan fingerprint density at radius 3 is 2.39 bits per heavy atom. The Hall–Kier alpha value is -4.11. The fourth-order valence-electron chi connectivity index (χ4n) is 5.01. The number of nitro benzene ring substituents is 1. The third-order valence-corrected chi connectivity index (χ3v) is 7.45. The van der Waals surface area contributed by atoms with Crippen LogP contribution in [0.3, 0.4) is 0 Å². The first-order chi connectivity index (χ1) is 19.8. The highest BCUT2D eigenvalue weighted by Crippen LogP contribution is 2.31. The van der Waals surface area contributed by atoms with E-state index in [0.717, 1.165) is 43.2 Å². The van der Waals surface area contributed by atoms with E-state index in [2.05, 4.69) is 5.32 Å². The van der Waals surface area contributed by atoms with Crippen LogP contribution in [0.25, 0.3) is 0 Å². The van der Waals surface area contributed by atoms with Crippen LogP contribution < -0.4 is 14.8 Å². The molecule has 4 rings (SSSR count). The fourth-order valence-corrected chi connectivity index (χ4v) is 5.14. The number of methoxy groups -OCH3 is 1. The molecule has 0 aromatic heterocycles. The van der Waals surface area contributed by atoms with E-state index in [0.29, 0.717) is 11.4 Å². The molecule has 10 heteroatoms. The van der Waals surface area contributed by atoms with E-state index in [-0.39, 0.29) is 42.3 Å². The summed E-state index contributed by atoms with van der Waals surface area (Å²) in [5.74, 6) is -0.359. The summed E-state index contributed by atoms with van der Waals surface area (Å²) in [6, 6.07) is 20.0. The van der Waals surface area contributed by atoms with Gasteiger partial charge in [-0.05, 0) is 42.2 Å². The summed E-state index contributed by atoms with van der Waals surface area (Å²) in [6.45, 7) is -0.213. The second-order valence-corrected chi connectivity index (χ2v) is 10.5. The fraction of sp³-hybridized carbons (Fsp3) is 0.355. The van der Waals surface area contributed by atoms with Crippen LogP contribution in [0.15, 0.2) is 72.8 Å². The third-order valence-electron chi connectivity index (χ3n) is 7.20. The lowest BCUT2D eigenvalue weighted by Gasteiger charge is -2.33. The van der Waals surface area contributed by atoms with Crippen molar-refractivity contribution < 1.29 is 24.0 Å². The molecule has 216 valence electrons. The molecule has 1 N–H and O–H groups in total. The van der Waals surface area contributed by atoms with Gasteiger partial charge in [-0.15, -0.1) is 0 Å². The Morgan fingerprint density at radius 2 is 1.73 bits per heavy atom. The monoisotopic (exact) mass is 579 g/mol. The molecule has 0 aliphatic heterocycles. The van der Waals surface area contributed by atoms with Gasteiger partial charge in [-0.2, -0.15) is 0 Å². The van der Waals surface area contributed by atoms with Crippen LogP contribution in [0, 0.1) is 10.1 Å². The van der Waals surface area contributed by atoms with Crippen molar-refractivity contribution in [3.63, 3.8) is 0 Å². The second-order valence-electron chi connectivity index (χ2n) is 10.1. The van der Waals surface area contributed by atoms with Crippen molar-refractivity contribution in [2.45, 2.75) is 57.2 Å². The molecule has 1 aliphatic rings. The number of halogens is 1. The molecule has 41 heavy (non-hydrogen) atoms. The summed E-state index contributed by atoms with van der Waals surface area (Å²) in [6.07, 6.45) is 5.44. The first kappa shape index (κ1) is 29.9. The number of hydrogen-bond donors (Lipinski definition) is 1. The topological polar surface area (TPSA) is 111 Å². The van der Waals surface area contributed by atoms with Crippen molar-refractivity contribution in [3.8, 4) is 11.5 Å². The largest absolute Gasteiger partial charge is 0.490 e. The zero-order valence-electron chi connectivity index (χ0n) is 23.0. The number of hydrogen-bond acceptors (Lipinski definition) is 6. The first-order valence-electron chi connectivity index (χ1n) is 13.7. The number of nitrogens with one attached hydrogen (secondary N) is 1. The molecule has 0 radical (unpaired) electrons. The average Bonchev–Trinajstić information content (AvgIpc) is 2.99. The number of nitrogens with zero attached hydrogens (tertiary/aromatic N) is 2. The molecule has 9 nitrogen and oxygen atoms in total. The normalized spacial score (nSPS) is 14.1. The SMILES string of the molecule is COc1cc(OCC(=O)N(Cc2ccc(Cl)cc2)[C@H](Cc2ccccc2)C(=O)NC2CCCCC2)ccc1[N+](=O)[O-]. The molecule has 0 unspecified atom stereocenters. The summed E-state index contributed by atoms with van der Waals surface area (Å²) in [5.41, 5.74) is 1.52. The van der Waals surface area contributed by atoms with Gasteiger partial charge in [-0.3, -0.25) is 19.7 Å². The lowest BCUT2D eigenvalue weighted by atomic mass is 9.94. The molecule has 3 aromatic carbocycles. The third kappa shape index (κ3) is 8.44. The molecular weight excluding hydrogens is 546 g/mol. The van der Waals surface area contributed by atoms with Gasteiger partial charge in [-0.1, -0.05) is 73.3 Å². The van der Waals surface area contributed by atoms with Crippen LogP contribution in [0.5, 0.6) is 11.5 Å². The molecule has 1 saturated carbocycles. The lowest BCUT2D eigenvalue weighted by molar-refractivity contribution is -0.385. The van der Waals surface area contributed by atoms with Crippen molar-refractivity contribution in [2.24, 2.45) is 0 Å². The van der Waals surface area contributed by atoms with Crippen molar-refractivity contribution in [1.82, 2.24) is 10.2 Å². The van der Waals surface area contributed by atoms with Gasteiger partial charge >= 0.3 is 5.69 Å². The van der Waals surface area contributed by atoms with Crippen LogP contribution in [0.4, 0.5) is 5.69 Å². The van der Waals surface area contributed by atoms with Crippen LogP contribution >= 0.6 is 11.6 Å². The van der Waals surface area contributed by atoms with Crippen LogP contribution in [-0.4, -0.2) is 47.4 Å². The highest BCUT2D eigenvalue weighted by Gasteiger charge is 2.32. The van der Waals surface area contributed by atoms with Crippen molar-refractivity contribution >= 4 is 29.1 Å². The van der Waals surface area contributed by atoms with Crippen molar-refractivity contribution in [2.75, 3.05) is 13.7 Å². The molecule has 3 aromatic rings. The number of carbonyl (C=O) groups excluding carboxylic acids is 2. The Morgan fingerprint density at radius 1 is 1.02 bits per heavy atom. The molecular formula is C31H34ClN3O6. The highest BCUT2D eigenvalue weighted by atomic mass is 35.5. The van der Waals surface area contributed by atoms with Gasteiger partial charge in [-0.25, -0.2) is 0 Å². The minimum Gasteiger partial charge on any atom is -0.490 e. The molecule has 1 atom stereocenters. The zero-order valence-corrected chi connectivity index (χ0v) is 23.7. The summed E-state index contributed by atoms with van der Waals surface area (Å²) in [5, 5.41) is 15.0. The van der Waals surface area contributed by atoms with E-state index in [1.54, 1.807) is 12.1 Å². The number of ether oxygens (including phenoxy) is 2. The van der Waals surface area contributed by atoms with Gasteiger partial charge in [0.2, 0.25) is 11.7 Å². The van der Waals surface area contributed by atoms with Crippen molar-refractivity contribution in [3.05, 3.63) is 99.1 Å². The summed E-state index contributed by atoms with van der Waals surface area (Å²) in [4.78, 5) is 39.9.